The van der Waals surface area contributed by atoms with Gasteiger partial charge in [-0.1, -0.05) is 84.9 Å². The molecule has 1 heterocycles. The van der Waals surface area contributed by atoms with Gasteiger partial charge >= 0.3 is 0 Å². The molecular formula is C25H26N4O. The van der Waals surface area contributed by atoms with Crippen LogP contribution in [0.2, 0.25) is 0 Å². The molecule has 4 rings (SSSR count). The number of rotatable bonds is 8. The van der Waals surface area contributed by atoms with Crippen LogP contribution in [0.4, 0.5) is 0 Å². The highest BCUT2D eigenvalue weighted by molar-refractivity contribution is 5.60. The summed E-state index contributed by atoms with van der Waals surface area (Å²) in [5, 5.41) is 23.3. The van der Waals surface area contributed by atoms with Gasteiger partial charge in [0.2, 0.25) is 0 Å². The van der Waals surface area contributed by atoms with Gasteiger partial charge in [0.1, 0.15) is 11.4 Å². The van der Waals surface area contributed by atoms with E-state index in [1.54, 1.807) is 4.80 Å². The Morgan fingerprint density at radius 2 is 1.53 bits per heavy atom. The average Bonchev–Trinajstić information content (AvgIpc) is 3.19. The zero-order valence-corrected chi connectivity index (χ0v) is 17.1. The lowest BCUT2D eigenvalue weighted by atomic mass is 10.1. The first-order valence-electron chi connectivity index (χ1n) is 10.2. The van der Waals surface area contributed by atoms with E-state index < -0.39 is 6.10 Å². The number of aliphatic hydroxyl groups is 1. The molecule has 0 saturated heterocycles. The minimum Gasteiger partial charge on any atom is -0.387 e. The van der Waals surface area contributed by atoms with Gasteiger partial charge in [0.15, 0.2) is 0 Å². The maximum Gasteiger partial charge on any atom is 0.117 e. The smallest absolute Gasteiger partial charge is 0.117 e. The summed E-state index contributed by atoms with van der Waals surface area (Å²) in [6, 6.07) is 28.1. The molecule has 4 aromatic rings. The van der Waals surface area contributed by atoms with Gasteiger partial charge in [-0.15, -0.1) is 0 Å². The van der Waals surface area contributed by atoms with Crippen LogP contribution in [0.5, 0.6) is 0 Å². The van der Waals surface area contributed by atoms with Crippen LogP contribution in [-0.4, -0.2) is 26.6 Å². The van der Waals surface area contributed by atoms with E-state index in [1.165, 1.54) is 11.1 Å². The van der Waals surface area contributed by atoms with Gasteiger partial charge in [0.05, 0.1) is 12.6 Å². The van der Waals surface area contributed by atoms with Crippen LogP contribution in [0.15, 0.2) is 84.9 Å². The summed E-state index contributed by atoms with van der Waals surface area (Å²) in [5.41, 5.74) is 6.10. The first-order valence-corrected chi connectivity index (χ1v) is 10.2. The Kier molecular flexibility index (Phi) is 6.32. The Morgan fingerprint density at radius 3 is 2.27 bits per heavy atom. The van der Waals surface area contributed by atoms with Gasteiger partial charge < -0.3 is 10.4 Å². The van der Waals surface area contributed by atoms with Crippen molar-refractivity contribution < 1.29 is 5.11 Å². The third-order valence-electron chi connectivity index (χ3n) is 5.16. The number of nitrogens with one attached hydrogen (secondary N) is 1. The van der Waals surface area contributed by atoms with E-state index in [9.17, 15) is 5.11 Å². The summed E-state index contributed by atoms with van der Waals surface area (Å²) in [6.07, 6.45) is -0.562. The van der Waals surface area contributed by atoms with Gasteiger partial charge in [-0.25, -0.2) is 0 Å². The highest BCUT2D eigenvalue weighted by atomic mass is 16.3. The fourth-order valence-electron chi connectivity index (χ4n) is 3.45. The highest BCUT2D eigenvalue weighted by Crippen LogP contribution is 2.21. The van der Waals surface area contributed by atoms with E-state index in [2.05, 4.69) is 24.4 Å². The zero-order chi connectivity index (χ0) is 20.8. The zero-order valence-electron chi connectivity index (χ0n) is 17.1. The van der Waals surface area contributed by atoms with Gasteiger partial charge in [-0.2, -0.15) is 15.0 Å². The van der Waals surface area contributed by atoms with E-state index in [0.29, 0.717) is 19.6 Å². The Labute approximate surface area is 177 Å². The topological polar surface area (TPSA) is 63.0 Å². The second kappa shape index (κ2) is 9.48. The largest absolute Gasteiger partial charge is 0.387 e. The molecular weight excluding hydrogens is 372 g/mol. The second-order valence-electron chi connectivity index (χ2n) is 7.38. The quantitative estimate of drug-likeness (QED) is 0.469. The minimum atomic E-state index is -0.562. The average molecular weight is 399 g/mol. The highest BCUT2D eigenvalue weighted by Gasteiger charge is 2.15. The Hall–Kier alpha value is -3.28. The van der Waals surface area contributed by atoms with E-state index >= 15 is 0 Å². The van der Waals surface area contributed by atoms with Crippen LogP contribution in [-0.2, 0) is 13.1 Å². The lowest BCUT2D eigenvalue weighted by molar-refractivity contribution is 0.174. The normalized spacial score (nSPS) is 12.1. The predicted octanol–water partition coefficient (Wildman–Crippen LogP) is 4.13. The molecule has 5 nitrogen and oxygen atoms in total. The molecule has 0 aliphatic rings. The van der Waals surface area contributed by atoms with Crippen LogP contribution in [0.25, 0.3) is 11.3 Å². The maximum atomic E-state index is 10.4. The third-order valence-corrected chi connectivity index (χ3v) is 5.16. The lowest BCUT2D eigenvalue weighted by Gasteiger charge is -2.11. The summed E-state index contributed by atoms with van der Waals surface area (Å²) in [6.45, 7) is 3.70. The summed E-state index contributed by atoms with van der Waals surface area (Å²) in [7, 11) is 0. The van der Waals surface area contributed by atoms with Crippen molar-refractivity contribution >= 4 is 0 Å². The van der Waals surface area contributed by atoms with Crippen LogP contribution >= 0.6 is 0 Å². The first-order chi connectivity index (χ1) is 14.7. The van der Waals surface area contributed by atoms with E-state index in [1.807, 2.05) is 72.8 Å². The van der Waals surface area contributed by atoms with Crippen molar-refractivity contribution in [3.63, 3.8) is 0 Å². The fraction of sp³-hybridized carbons (Fsp3) is 0.200. The van der Waals surface area contributed by atoms with Crippen molar-refractivity contribution in [3.05, 3.63) is 107 Å². The molecule has 152 valence electrons. The summed E-state index contributed by atoms with van der Waals surface area (Å²) in [5.74, 6) is 0. The molecule has 0 aliphatic heterocycles. The number of hydrogen-bond acceptors (Lipinski definition) is 4. The van der Waals surface area contributed by atoms with Gasteiger partial charge in [-0.3, -0.25) is 0 Å². The lowest BCUT2D eigenvalue weighted by Crippen LogP contribution is -2.21. The number of nitrogens with zero attached hydrogens (tertiary/aromatic N) is 3. The molecule has 0 spiro atoms. The molecule has 0 aliphatic carbocycles. The van der Waals surface area contributed by atoms with Crippen molar-refractivity contribution in [1.82, 2.24) is 20.3 Å². The van der Waals surface area contributed by atoms with E-state index in [0.717, 1.165) is 22.5 Å². The molecule has 0 amide bonds. The van der Waals surface area contributed by atoms with Crippen molar-refractivity contribution in [3.8, 4) is 11.3 Å². The fourth-order valence-corrected chi connectivity index (χ4v) is 3.45. The van der Waals surface area contributed by atoms with Crippen LogP contribution in [0.1, 0.15) is 28.5 Å². The van der Waals surface area contributed by atoms with Gasteiger partial charge in [-0.05, 0) is 23.6 Å². The van der Waals surface area contributed by atoms with Crippen molar-refractivity contribution in [2.75, 3.05) is 6.54 Å². The molecule has 3 aromatic carbocycles. The van der Waals surface area contributed by atoms with Gasteiger partial charge in [0.25, 0.3) is 0 Å². The van der Waals surface area contributed by atoms with E-state index in [-0.39, 0.29) is 0 Å². The molecule has 0 fully saturated rings. The molecule has 1 atom stereocenters. The van der Waals surface area contributed by atoms with Crippen LogP contribution < -0.4 is 5.32 Å². The number of hydrogen-bond donors (Lipinski definition) is 2. The van der Waals surface area contributed by atoms with E-state index in [4.69, 9.17) is 10.2 Å². The first kappa shape index (κ1) is 20.0. The molecule has 0 unspecified atom stereocenters. The summed E-state index contributed by atoms with van der Waals surface area (Å²) < 4.78 is 0. The third kappa shape index (κ3) is 4.82. The van der Waals surface area contributed by atoms with Crippen molar-refractivity contribution in [1.29, 1.82) is 0 Å². The molecule has 2 N–H and O–H groups in total. The van der Waals surface area contributed by atoms with Crippen LogP contribution in [0.3, 0.4) is 0 Å². The predicted molar refractivity (Wildman–Crippen MR) is 119 cm³/mol. The second-order valence-corrected chi connectivity index (χ2v) is 7.38. The van der Waals surface area contributed by atoms with Gasteiger partial charge in [0, 0.05) is 18.7 Å². The Balaban J connectivity index is 1.52. The molecule has 0 bridgehead atoms. The molecule has 0 radical (unpaired) electrons. The Bertz CT molecular complexity index is 1080. The number of aryl methyl sites for hydroxylation is 1. The number of aromatic nitrogens is 3. The summed E-state index contributed by atoms with van der Waals surface area (Å²) >= 11 is 0. The standard InChI is InChI=1S/C25H26N4O/c1-19-10-8-9-15-22(19)18-29-27-23(25(28-29)21-13-6-3-7-14-21)16-26-17-24(30)20-11-4-2-5-12-20/h2-15,24,26,30H,16-18H2,1H3/t24-/m0/s1. The maximum absolute atomic E-state index is 10.4. The Morgan fingerprint density at radius 1 is 0.867 bits per heavy atom. The molecule has 1 aromatic heterocycles. The van der Waals surface area contributed by atoms with Crippen molar-refractivity contribution in [2.45, 2.75) is 26.1 Å². The minimum absolute atomic E-state index is 0.447. The number of benzene rings is 3. The van der Waals surface area contributed by atoms with Crippen LogP contribution in [0, 0.1) is 6.92 Å². The SMILES string of the molecule is Cc1ccccc1Cn1nc(CNC[C@H](O)c2ccccc2)c(-c2ccccc2)n1. The number of aliphatic hydroxyl groups excluding tert-OH is 1. The summed E-state index contributed by atoms with van der Waals surface area (Å²) in [4.78, 5) is 1.76. The van der Waals surface area contributed by atoms with Crippen molar-refractivity contribution in [2.24, 2.45) is 0 Å². The molecule has 30 heavy (non-hydrogen) atoms. The molecule has 5 heteroatoms. The molecule has 0 saturated carbocycles. The monoisotopic (exact) mass is 398 g/mol.